The van der Waals surface area contributed by atoms with Crippen LogP contribution in [0.3, 0.4) is 0 Å². The predicted octanol–water partition coefficient (Wildman–Crippen LogP) is 2.45. The number of aliphatic hydroxyl groups excluding tert-OH is 1. The molecule has 1 aromatic carbocycles. The minimum absolute atomic E-state index is 0.290. The first-order chi connectivity index (χ1) is 19.0. The van der Waals surface area contributed by atoms with Gasteiger partial charge in [0.2, 0.25) is 0 Å². The standard InChI is InChI=1S/C28H25N9O2/c1-34-17-22(16-31-34)23-18-37-26(21(13-29)15-32-37)25(33-23)20-7-8-24(30-14-20)35-9-11-36(12-10-35)28(39)27(38)19-5-3-2-4-6-19/h2-8,14-18,27,38H,9-12H2,1H3. The maximum atomic E-state index is 12.8. The van der Waals surface area contributed by atoms with Gasteiger partial charge in [-0.05, 0) is 17.7 Å². The second-order valence-corrected chi connectivity index (χ2v) is 9.37. The van der Waals surface area contributed by atoms with Crippen LogP contribution >= 0.6 is 0 Å². The number of nitrogens with zero attached hydrogens (tertiary/aromatic N) is 9. The molecule has 1 aliphatic heterocycles. The number of fused-ring (bicyclic) bond motifs is 1. The highest BCUT2D eigenvalue weighted by Gasteiger charge is 2.27. The molecule has 0 bridgehead atoms. The molecule has 194 valence electrons. The summed E-state index contributed by atoms with van der Waals surface area (Å²) in [5, 5.41) is 28.7. The second-order valence-electron chi connectivity index (χ2n) is 9.37. The number of hydrogen-bond donors (Lipinski definition) is 1. The molecule has 5 aromatic rings. The van der Waals surface area contributed by atoms with Crippen LogP contribution in [0.1, 0.15) is 17.2 Å². The van der Waals surface area contributed by atoms with Gasteiger partial charge in [-0.25, -0.2) is 14.5 Å². The van der Waals surface area contributed by atoms with Gasteiger partial charge in [0.25, 0.3) is 5.91 Å². The van der Waals surface area contributed by atoms with Gasteiger partial charge < -0.3 is 14.9 Å². The number of piperazine rings is 1. The van der Waals surface area contributed by atoms with Gasteiger partial charge in [-0.3, -0.25) is 9.48 Å². The van der Waals surface area contributed by atoms with Gasteiger partial charge in [0.05, 0.1) is 30.0 Å². The van der Waals surface area contributed by atoms with Crippen LogP contribution < -0.4 is 4.90 Å². The van der Waals surface area contributed by atoms with E-state index in [9.17, 15) is 15.2 Å². The molecule has 0 spiro atoms. The van der Waals surface area contributed by atoms with E-state index < -0.39 is 6.10 Å². The Balaban J connectivity index is 1.22. The van der Waals surface area contributed by atoms with E-state index in [4.69, 9.17) is 4.98 Å². The Hall–Kier alpha value is -5.08. The fraction of sp³-hybridized carbons (Fsp3) is 0.214. The predicted molar refractivity (Wildman–Crippen MR) is 143 cm³/mol. The van der Waals surface area contributed by atoms with E-state index in [0.717, 1.165) is 16.9 Å². The van der Waals surface area contributed by atoms with E-state index >= 15 is 0 Å². The average molecular weight is 520 g/mol. The van der Waals surface area contributed by atoms with E-state index in [1.807, 2.05) is 43.6 Å². The smallest absolute Gasteiger partial charge is 0.256 e. The Morgan fingerprint density at radius 1 is 0.974 bits per heavy atom. The molecular formula is C28H25N9O2. The van der Waals surface area contributed by atoms with Gasteiger partial charge in [0, 0.05) is 56.7 Å². The molecule has 5 heterocycles. The normalized spacial score (nSPS) is 14.4. The molecule has 11 heteroatoms. The molecule has 1 aliphatic rings. The number of benzene rings is 1. The van der Waals surface area contributed by atoms with Crippen molar-refractivity contribution in [2.45, 2.75) is 6.10 Å². The largest absolute Gasteiger partial charge is 0.378 e. The molecule has 0 radical (unpaired) electrons. The molecule has 0 saturated carbocycles. The zero-order valence-corrected chi connectivity index (χ0v) is 21.2. The van der Waals surface area contributed by atoms with Gasteiger partial charge in [-0.1, -0.05) is 30.3 Å². The highest BCUT2D eigenvalue weighted by molar-refractivity contribution is 5.83. The first-order valence-corrected chi connectivity index (χ1v) is 12.5. The van der Waals surface area contributed by atoms with E-state index in [-0.39, 0.29) is 5.91 Å². The van der Waals surface area contributed by atoms with E-state index in [0.29, 0.717) is 54.2 Å². The van der Waals surface area contributed by atoms with Gasteiger partial charge in [-0.15, -0.1) is 0 Å². The number of hydrogen-bond acceptors (Lipinski definition) is 8. The summed E-state index contributed by atoms with van der Waals surface area (Å²) in [4.78, 5) is 26.2. The van der Waals surface area contributed by atoms with E-state index in [1.165, 1.54) is 6.20 Å². The Kier molecular flexibility index (Phi) is 6.22. The van der Waals surface area contributed by atoms with Crippen LogP contribution in [0.25, 0.3) is 28.0 Å². The van der Waals surface area contributed by atoms with Crippen LogP contribution in [0.15, 0.2) is 73.4 Å². The van der Waals surface area contributed by atoms with Crippen LogP contribution in [0.4, 0.5) is 5.82 Å². The maximum Gasteiger partial charge on any atom is 0.256 e. The third-order valence-corrected chi connectivity index (χ3v) is 6.90. The maximum absolute atomic E-state index is 12.8. The van der Waals surface area contributed by atoms with Crippen molar-refractivity contribution in [1.82, 2.24) is 34.3 Å². The number of pyridine rings is 1. The lowest BCUT2D eigenvalue weighted by molar-refractivity contribution is -0.140. The lowest BCUT2D eigenvalue weighted by Gasteiger charge is -2.36. The highest BCUT2D eigenvalue weighted by atomic mass is 16.3. The van der Waals surface area contributed by atoms with Gasteiger partial charge in [0.1, 0.15) is 23.0 Å². The quantitative estimate of drug-likeness (QED) is 0.375. The van der Waals surface area contributed by atoms with Gasteiger partial charge >= 0.3 is 0 Å². The molecule has 11 nitrogen and oxygen atoms in total. The Morgan fingerprint density at radius 2 is 1.77 bits per heavy atom. The van der Waals surface area contributed by atoms with Crippen molar-refractivity contribution < 1.29 is 9.90 Å². The van der Waals surface area contributed by atoms with E-state index in [1.54, 1.807) is 44.8 Å². The summed E-state index contributed by atoms with van der Waals surface area (Å²) in [6.07, 6.45) is 7.51. The summed E-state index contributed by atoms with van der Waals surface area (Å²) < 4.78 is 3.37. The molecule has 1 atom stereocenters. The zero-order chi connectivity index (χ0) is 26.9. The monoisotopic (exact) mass is 519 g/mol. The summed E-state index contributed by atoms with van der Waals surface area (Å²) in [7, 11) is 1.84. The lowest BCUT2D eigenvalue weighted by atomic mass is 10.1. The highest BCUT2D eigenvalue weighted by Crippen LogP contribution is 2.29. The Labute approximate surface area is 224 Å². The molecule has 1 amide bonds. The molecular weight excluding hydrogens is 494 g/mol. The number of carbonyl (C=O) groups excluding carboxylic acids is 1. The van der Waals surface area contributed by atoms with Crippen molar-refractivity contribution >= 4 is 17.2 Å². The van der Waals surface area contributed by atoms with Crippen molar-refractivity contribution in [1.29, 1.82) is 5.26 Å². The number of anilines is 1. The number of carbonyl (C=O) groups is 1. The summed E-state index contributed by atoms with van der Waals surface area (Å²) in [6, 6.07) is 15.0. The molecule has 1 fully saturated rings. The topological polar surface area (TPSA) is 128 Å². The third-order valence-electron chi connectivity index (χ3n) is 6.90. The van der Waals surface area contributed by atoms with Crippen molar-refractivity contribution in [3.63, 3.8) is 0 Å². The molecule has 0 aliphatic carbocycles. The van der Waals surface area contributed by atoms with Crippen molar-refractivity contribution in [3.8, 4) is 28.6 Å². The summed E-state index contributed by atoms with van der Waals surface area (Å²) in [5.41, 5.74) is 4.52. The zero-order valence-electron chi connectivity index (χ0n) is 21.2. The van der Waals surface area contributed by atoms with Crippen LogP contribution in [0.2, 0.25) is 0 Å². The first kappa shape index (κ1) is 24.3. The minimum Gasteiger partial charge on any atom is -0.378 e. The van der Waals surface area contributed by atoms with Crippen LogP contribution in [0.5, 0.6) is 0 Å². The third kappa shape index (κ3) is 4.58. The fourth-order valence-electron chi connectivity index (χ4n) is 4.81. The number of nitriles is 1. The minimum atomic E-state index is -1.16. The number of amides is 1. The first-order valence-electron chi connectivity index (χ1n) is 12.5. The Morgan fingerprint density at radius 3 is 2.44 bits per heavy atom. The summed E-state index contributed by atoms with van der Waals surface area (Å²) in [6.45, 7) is 2.17. The molecule has 39 heavy (non-hydrogen) atoms. The van der Waals surface area contributed by atoms with Crippen LogP contribution in [-0.4, -0.2) is 71.5 Å². The summed E-state index contributed by atoms with van der Waals surface area (Å²) in [5.74, 6) is 0.491. The molecule has 1 N–H and O–H groups in total. The SMILES string of the molecule is Cn1cc(-c2cn3ncc(C#N)c3c(-c3ccc(N4CCN(C(=O)C(O)c5ccccc5)CC4)nc3)n2)cn1. The Bertz CT molecular complexity index is 1680. The second kappa shape index (κ2) is 10.00. The summed E-state index contributed by atoms with van der Waals surface area (Å²) >= 11 is 0. The fourth-order valence-corrected chi connectivity index (χ4v) is 4.81. The van der Waals surface area contributed by atoms with Crippen molar-refractivity contribution in [2.75, 3.05) is 31.1 Å². The van der Waals surface area contributed by atoms with Crippen LogP contribution in [0, 0.1) is 11.3 Å². The van der Waals surface area contributed by atoms with Crippen LogP contribution in [-0.2, 0) is 11.8 Å². The molecule has 6 rings (SSSR count). The molecule has 4 aromatic heterocycles. The number of aryl methyl sites for hydroxylation is 1. The van der Waals surface area contributed by atoms with Crippen molar-refractivity contribution in [2.24, 2.45) is 7.05 Å². The number of aliphatic hydroxyl groups is 1. The van der Waals surface area contributed by atoms with Gasteiger partial charge in [0.15, 0.2) is 6.10 Å². The average Bonchev–Trinajstić information content (AvgIpc) is 3.62. The number of aromatic nitrogens is 6. The van der Waals surface area contributed by atoms with Gasteiger partial charge in [-0.2, -0.15) is 15.5 Å². The lowest BCUT2D eigenvalue weighted by Crippen LogP contribution is -2.50. The molecule has 1 unspecified atom stereocenters. The molecule has 1 saturated heterocycles. The van der Waals surface area contributed by atoms with E-state index in [2.05, 4.69) is 26.2 Å². The van der Waals surface area contributed by atoms with Crippen molar-refractivity contribution in [3.05, 3.63) is 84.6 Å². The number of rotatable bonds is 5.